The summed E-state index contributed by atoms with van der Waals surface area (Å²) < 4.78 is 0. The first-order valence-electron chi connectivity index (χ1n) is 10.6. The number of fused-ring (bicyclic) bond motifs is 1. The molecule has 6 heteroatoms. The third-order valence-electron chi connectivity index (χ3n) is 5.98. The molecule has 31 heavy (non-hydrogen) atoms. The van der Waals surface area contributed by atoms with Gasteiger partial charge in [-0.2, -0.15) is 0 Å². The summed E-state index contributed by atoms with van der Waals surface area (Å²) in [6.07, 6.45) is 7.91. The van der Waals surface area contributed by atoms with Crippen LogP contribution in [0.15, 0.2) is 67.1 Å². The summed E-state index contributed by atoms with van der Waals surface area (Å²) in [5, 5.41) is 1.79. The maximum atomic E-state index is 13.1. The van der Waals surface area contributed by atoms with Crippen molar-refractivity contribution in [1.82, 2.24) is 19.9 Å². The molecule has 0 saturated carbocycles. The van der Waals surface area contributed by atoms with Gasteiger partial charge in [0.05, 0.1) is 24.0 Å². The molecule has 0 radical (unpaired) electrons. The molecule has 1 saturated heterocycles. The number of aromatic nitrogens is 3. The van der Waals surface area contributed by atoms with Crippen molar-refractivity contribution in [1.29, 1.82) is 0 Å². The highest BCUT2D eigenvalue weighted by Crippen LogP contribution is 2.28. The predicted octanol–water partition coefficient (Wildman–Crippen LogP) is 5.23. The van der Waals surface area contributed by atoms with E-state index in [-0.39, 0.29) is 11.8 Å². The second-order valence-corrected chi connectivity index (χ2v) is 8.49. The number of nitrogens with zero attached hydrogens (tertiary/aromatic N) is 3. The summed E-state index contributed by atoms with van der Waals surface area (Å²) in [4.78, 5) is 27.6. The minimum Gasteiger partial charge on any atom is -0.361 e. The number of hydrogen-bond acceptors (Lipinski definition) is 3. The SMILES string of the molecule is O=C(Cc1c[nH]c2ccccc12)N1CCCC(c2cncc(-c3cccc(Cl)c3)n2)C1. The van der Waals surface area contributed by atoms with Crippen molar-refractivity contribution in [3.8, 4) is 11.3 Å². The number of likely N-dealkylation sites (tertiary alicyclic amines) is 1. The van der Waals surface area contributed by atoms with Gasteiger partial charge < -0.3 is 9.88 Å². The first-order chi connectivity index (χ1) is 15.2. The van der Waals surface area contributed by atoms with Crippen molar-refractivity contribution in [3.63, 3.8) is 0 Å². The number of amides is 1. The Bertz CT molecular complexity index is 1230. The monoisotopic (exact) mass is 430 g/mol. The molecule has 5 nitrogen and oxygen atoms in total. The first-order valence-corrected chi connectivity index (χ1v) is 11.0. The molecule has 156 valence electrons. The van der Waals surface area contributed by atoms with Crippen molar-refractivity contribution < 1.29 is 4.79 Å². The second-order valence-electron chi connectivity index (χ2n) is 8.05. The quantitative estimate of drug-likeness (QED) is 0.482. The van der Waals surface area contributed by atoms with Crippen LogP contribution in [0, 0.1) is 0 Å². The number of halogens is 1. The summed E-state index contributed by atoms with van der Waals surface area (Å²) >= 11 is 6.14. The Balaban J connectivity index is 1.32. The van der Waals surface area contributed by atoms with Gasteiger partial charge in [-0.1, -0.05) is 41.9 Å². The zero-order valence-corrected chi connectivity index (χ0v) is 17.8. The number of rotatable bonds is 4. The Hall–Kier alpha value is -3.18. The average Bonchev–Trinajstić information content (AvgIpc) is 3.22. The van der Waals surface area contributed by atoms with Crippen LogP contribution < -0.4 is 0 Å². The fourth-order valence-electron chi connectivity index (χ4n) is 4.36. The summed E-state index contributed by atoms with van der Waals surface area (Å²) in [6.45, 7) is 1.47. The van der Waals surface area contributed by atoms with Crippen molar-refractivity contribution in [2.45, 2.75) is 25.2 Å². The molecule has 2 aromatic heterocycles. The molecule has 1 amide bonds. The zero-order chi connectivity index (χ0) is 21.2. The number of piperidine rings is 1. The normalized spacial score (nSPS) is 16.5. The molecule has 0 bridgehead atoms. The number of carbonyl (C=O) groups excluding carboxylic acids is 1. The molecule has 2 aromatic carbocycles. The smallest absolute Gasteiger partial charge is 0.227 e. The molecule has 1 N–H and O–H groups in total. The highest BCUT2D eigenvalue weighted by atomic mass is 35.5. The van der Waals surface area contributed by atoms with Gasteiger partial charge in [-0.15, -0.1) is 0 Å². The predicted molar refractivity (Wildman–Crippen MR) is 123 cm³/mol. The molecule has 1 atom stereocenters. The van der Waals surface area contributed by atoms with E-state index in [4.69, 9.17) is 16.6 Å². The van der Waals surface area contributed by atoms with E-state index in [9.17, 15) is 4.79 Å². The van der Waals surface area contributed by atoms with E-state index < -0.39 is 0 Å². The summed E-state index contributed by atoms with van der Waals surface area (Å²) in [7, 11) is 0. The van der Waals surface area contributed by atoms with Gasteiger partial charge in [-0.25, -0.2) is 4.98 Å². The number of para-hydroxylation sites is 1. The van der Waals surface area contributed by atoms with Crippen LogP contribution in [0.2, 0.25) is 5.02 Å². The number of hydrogen-bond donors (Lipinski definition) is 1. The standard InChI is InChI=1S/C25H23ClN4O/c26-20-7-3-5-17(11-20)23-14-27-15-24(29-23)18-6-4-10-30(16-18)25(31)12-19-13-28-22-9-2-1-8-21(19)22/h1-3,5,7-9,11,13-15,18,28H,4,6,10,12,16H2. The Morgan fingerprint density at radius 1 is 1.16 bits per heavy atom. The highest BCUT2D eigenvalue weighted by molar-refractivity contribution is 6.30. The summed E-state index contributed by atoms with van der Waals surface area (Å²) in [5.41, 5.74) is 4.80. The van der Waals surface area contributed by atoms with Crippen LogP contribution in [0.1, 0.15) is 30.0 Å². The van der Waals surface area contributed by atoms with E-state index in [1.807, 2.05) is 59.8 Å². The topological polar surface area (TPSA) is 61.9 Å². The summed E-state index contributed by atoms with van der Waals surface area (Å²) in [5.74, 6) is 0.348. The van der Waals surface area contributed by atoms with Gasteiger partial charge in [0.25, 0.3) is 0 Å². The first kappa shape index (κ1) is 19.8. The van der Waals surface area contributed by atoms with E-state index in [1.54, 1.807) is 6.20 Å². The maximum absolute atomic E-state index is 13.1. The van der Waals surface area contributed by atoms with E-state index in [0.29, 0.717) is 18.0 Å². The molecule has 4 aromatic rings. The van der Waals surface area contributed by atoms with Crippen LogP contribution in [0.5, 0.6) is 0 Å². The van der Waals surface area contributed by atoms with E-state index in [1.165, 1.54) is 0 Å². The molecule has 0 aliphatic carbocycles. The van der Waals surface area contributed by atoms with Crippen LogP contribution in [-0.2, 0) is 11.2 Å². The lowest BCUT2D eigenvalue weighted by Gasteiger charge is -2.32. The third kappa shape index (κ3) is 4.19. The second kappa shape index (κ2) is 8.52. The Labute approximate surface area is 186 Å². The van der Waals surface area contributed by atoms with Gasteiger partial charge in [0.1, 0.15) is 0 Å². The van der Waals surface area contributed by atoms with Gasteiger partial charge in [-0.05, 0) is 36.6 Å². The van der Waals surface area contributed by atoms with Gasteiger partial charge >= 0.3 is 0 Å². The Morgan fingerprint density at radius 2 is 2.06 bits per heavy atom. The number of nitrogens with one attached hydrogen (secondary N) is 1. The van der Waals surface area contributed by atoms with Crippen molar-refractivity contribution in [2.24, 2.45) is 0 Å². The highest BCUT2D eigenvalue weighted by Gasteiger charge is 2.26. The lowest BCUT2D eigenvalue weighted by Crippen LogP contribution is -2.40. The maximum Gasteiger partial charge on any atom is 0.227 e. The Morgan fingerprint density at radius 3 is 2.97 bits per heavy atom. The zero-order valence-electron chi connectivity index (χ0n) is 17.1. The largest absolute Gasteiger partial charge is 0.361 e. The lowest BCUT2D eigenvalue weighted by molar-refractivity contribution is -0.131. The van der Waals surface area contributed by atoms with E-state index in [0.717, 1.165) is 52.8 Å². The Kier molecular flexibility index (Phi) is 5.43. The fourth-order valence-corrected chi connectivity index (χ4v) is 4.55. The minimum absolute atomic E-state index is 0.161. The molecule has 1 aliphatic rings. The molecule has 3 heterocycles. The molecule has 1 aliphatic heterocycles. The van der Waals surface area contributed by atoms with Crippen molar-refractivity contribution >= 4 is 28.4 Å². The van der Waals surface area contributed by atoms with Crippen LogP contribution in [0.3, 0.4) is 0 Å². The van der Waals surface area contributed by atoms with Gasteiger partial charge in [-0.3, -0.25) is 9.78 Å². The molecular weight excluding hydrogens is 408 g/mol. The number of aromatic amines is 1. The lowest BCUT2D eigenvalue weighted by atomic mass is 9.94. The molecular formula is C25H23ClN4O. The fraction of sp³-hybridized carbons (Fsp3) is 0.240. The molecule has 1 unspecified atom stereocenters. The number of H-pyrrole nitrogens is 1. The number of benzene rings is 2. The number of carbonyl (C=O) groups is 1. The van der Waals surface area contributed by atoms with Gasteiger partial charge in [0, 0.05) is 52.9 Å². The van der Waals surface area contributed by atoms with Crippen LogP contribution in [-0.4, -0.2) is 38.8 Å². The third-order valence-corrected chi connectivity index (χ3v) is 6.22. The summed E-state index contributed by atoms with van der Waals surface area (Å²) in [6, 6.07) is 15.7. The van der Waals surface area contributed by atoms with Crippen LogP contribution in [0.4, 0.5) is 0 Å². The van der Waals surface area contributed by atoms with E-state index in [2.05, 4.69) is 16.0 Å². The molecule has 5 rings (SSSR count). The average molecular weight is 431 g/mol. The van der Waals surface area contributed by atoms with Crippen molar-refractivity contribution in [3.05, 3.63) is 83.4 Å². The van der Waals surface area contributed by atoms with Crippen molar-refractivity contribution in [2.75, 3.05) is 13.1 Å². The van der Waals surface area contributed by atoms with Gasteiger partial charge in [0.15, 0.2) is 0 Å². The van der Waals surface area contributed by atoms with Gasteiger partial charge in [0.2, 0.25) is 5.91 Å². The minimum atomic E-state index is 0.161. The molecule has 0 spiro atoms. The van der Waals surface area contributed by atoms with Crippen LogP contribution >= 0.6 is 11.6 Å². The van der Waals surface area contributed by atoms with Crippen LogP contribution in [0.25, 0.3) is 22.2 Å². The molecule has 1 fully saturated rings. The van der Waals surface area contributed by atoms with E-state index >= 15 is 0 Å².